The predicted molar refractivity (Wildman–Crippen MR) is 118 cm³/mol. The van der Waals surface area contributed by atoms with Gasteiger partial charge in [-0.3, -0.25) is 9.69 Å². The average molecular weight is 412 g/mol. The highest BCUT2D eigenvalue weighted by molar-refractivity contribution is 5.84. The third kappa shape index (κ3) is 5.32. The van der Waals surface area contributed by atoms with Crippen LogP contribution in [-0.2, 0) is 16.1 Å². The molecule has 2 aromatic carbocycles. The Bertz CT molecular complexity index is 851. The van der Waals surface area contributed by atoms with Crippen molar-refractivity contribution in [1.29, 1.82) is 0 Å². The quantitative estimate of drug-likeness (QED) is 0.714. The van der Waals surface area contributed by atoms with Crippen LogP contribution in [0.2, 0.25) is 0 Å². The van der Waals surface area contributed by atoms with Gasteiger partial charge in [0.15, 0.2) is 0 Å². The van der Waals surface area contributed by atoms with E-state index in [0.717, 1.165) is 57.7 Å². The summed E-state index contributed by atoms with van der Waals surface area (Å²) in [5.41, 5.74) is 1.28. The second-order valence-corrected chi connectivity index (χ2v) is 8.95. The van der Waals surface area contributed by atoms with E-state index >= 15 is 0 Å². The lowest BCUT2D eigenvalue weighted by Crippen LogP contribution is -2.35. The molecule has 0 unspecified atom stereocenters. The van der Waals surface area contributed by atoms with E-state index in [0.29, 0.717) is 12.0 Å². The van der Waals surface area contributed by atoms with Crippen LogP contribution in [0.3, 0.4) is 0 Å². The molecular formula is C25H33NO4. The van der Waals surface area contributed by atoms with E-state index in [9.17, 15) is 4.79 Å². The molecule has 0 atom stereocenters. The minimum Gasteiger partial charge on any atom is -0.490 e. The van der Waals surface area contributed by atoms with Crippen molar-refractivity contribution in [3.05, 3.63) is 42.0 Å². The SMILES string of the molecule is COC[C@H]1CC[C@@H](Oc2ccc3cc(CN4CCC(C(=O)O)CC4)ccc3c2)CC1. The average Bonchev–Trinajstić information content (AvgIpc) is 2.76. The number of carbonyl (C=O) groups is 1. The van der Waals surface area contributed by atoms with E-state index in [1.165, 1.54) is 29.2 Å². The van der Waals surface area contributed by atoms with Gasteiger partial charge in [-0.15, -0.1) is 0 Å². The maximum atomic E-state index is 11.1. The first-order valence-electron chi connectivity index (χ1n) is 11.2. The fraction of sp³-hybridized carbons (Fsp3) is 0.560. The van der Waals surface area contributed by atoms with E-state index < -0.39 is 5.97 Å². The number of fused-ring (bicyclic) bond motifs is 1. The number of ether oxygens (including phenoxy) is 2. The summed E-state index contributed by atoms with van der Waals surface area (Å²) in [5.74, 6) is 0.814. The van der Waals surface area contributed by atoms with Crippen LogP contribution in [-0.4, -0.2) is 48.9 Å². The molecule has 1 N–H and O–H groups in total. The molecule has 2 aliphatic rings. The van der Waals surface area contributed by atoms with E-state index in [1.54, 1.807) is 7.11 Å². The van der Waals surface area contributed by atoms with Gasteiger partial charge in [0.1, 0.15) is 5.75 Å². The zero-order chi connectivity index (χ0) is 20.9. The molecule has 0 bridgehead atoms. The van der Waals surface area contributed by atoms with Crippen molar-refractivity contribution in [3.63, 3.8) is 0 Å². The summed E-state index contributed by atoms with van der Waals surface area (Å²) in [6.07, 6.45) is 6.36. The first kappa shape index (κ1) is 21.1. The molecule has 1 saturated carbocycles. The van der Waals surface area contributed by atoms with Crippen molar-refractivity contribution >= 4 is 16.7 Å². The number of nitrogens with zero attached hydrogens (tertiary/aromatic N) is 1. The Balaban J connectivity index is 1.33. The van der Waals surface area contributed by atoms with Crippen molar-refractivity contribution in [2.45, 2.75) is 51.2 Å². The van der Waals surface area contributed by atoms with E-state index in [2.05, 4.69) is 41.3 Å². The molecule has 30 heavy (non-hydrogen) atoms. The van der Waals surface area contributed by atoms with Crippen LogP contribution >= 0.6 is 0 Å². The van der Waals surface area contributed by atoms with Crippen LogP contribution in [0.5, 0.6) is 5.75 Å². The highest BCUT2D eigenvalue weighted by Gasteiger charge is 2.24. The first-order valence-corrected chi connectivity index (χ1v) is 11.2. The minimum absolute atomic E-state index is 0.175. The van der Waals surface area contributed by atoms with E-state index in [4.69, 9.17) is 14.6 Å². The summed E-state index contributed by atoms with van der Waals surface area (Å²) in [6.45, 7) is 3.46. The van der Waals surface area contributed by atoms with Crippen molar-refractivity contribution < 1.29 is 19.4 Å². The van der Waals surface area contributed by atoms with Gasteiger partial charge in [0.2, 0.25) is 0 Å². The molecule has 1 aliphatic carbocycles. The summed E-state index contributed by atoms with van der Waals surface area (Å²) in [5, 5.41) is 11.6. The first-order chi connectivity index (χ1) is 14.6. The lowest BCUT2D eigenvalue weighted by atomic mass is 9.88. The third-order valence-electron chi connectivity index (χ3n) is 6.72. The molecule has 162 valence electrons. The molecule has 0 amide bonds. The fourth-order valence-corrected chi connectivity index (χ4v) is 4.89. The number of aliphatic carboxylic acids is 1. The van der Waals surface area contributed by atoms with Crippen LogP contribution in [0.1, 0.15) is 44.1 Å². The van der Waals surface area contributed by atoms with Crippen LogP contribution in [0.4, 0.5) is 0 Å². The smallest absolute Gasteiger partial charge is 0.306 e. The summed E-state index contributed by atoms with van der Waals surface area (Å²) in [6, 6.07) is 13.0. The van der Waals surface area contributed by atoms with Gasteiger partial charge in [0.25, 0.3) is 0 Å². The lowest BCUT2D eigenvalue weighted by molar-refractivity contribution is -0.143. The highest BCUT2D eigenvalue weighted by atomic mass is 16.5. The van der Waals surface area contributed by atoms with Crippen molar-refractivity contribution in [2.24, 2.45) is 11.8 Å². The van der Waals surface area contributed by atoms with Gasteiger partial charge in [-0.2, -0.15) is 0 Å². The van der Waals surface area contributed by atoms with Gasteiger partial charge in [-0.25, -0.2) is 0 Å². The standard InChI is InChI=1S/C25H33NO4/c1-29-17-18-3-7-23(8-4-18)30-24-9-6-21-14-19(2-5-22(21)15-24)16-26-12-10-20(11-13-26)25(27)28/h2,5-6,9,14-15,18,20,23H,3-4,7-8,10-13,16-17H2,1H3,(H,27,28)/t18-,23+. The molecule has 2 fully saturated rings. The molecule has 0 radical (unpaired) electrons. The number of hydrogen-bond acceptors (Lipinski definition) is 4. The van der Waals surface area contributed by atoms with Gasteiger partial charge < -0.3 is 14.6 Å². The maximum Gasteiger partial charge on any atom is 0.306 e. The Morgan fingerprint density at radius 1 is 1.00 bits per heavy atom. The second kappa shape index (κ2) is 9.80. The van der Waals surface area contributed by atoms with Crippen LogP contribution in [0.15, 0.2) is 36.4 Å². The number of rotatable bonds is 7. The second-order valence-electron chi connectivity index (χ2n) is 8.95. The topological polar surface area (TPSA) is 59.0 Å². The number of benzene rings is 2. The Hall–Kier alpha value is -2.11. The summed E-state index contributed by atoms with van der Waals surface area (Å²) >= 11 is 0. The lowest BCUT2D eigenvalue weighted by Gasteiger charge is -2.30. The normalized spacial score (nSPS) is 23.5. The largest absolute Gasteiger partial charge is 0.490 e. The number of methoxy groups -OCH3 is 1. The van der Waals surface area contributed by atoms with Gasteiger partial charge in [-0.1, -0.05) is 18.2 Å². The van der Waals surface area contributed by atoms with Gasteiger partial charge >= 0.3 is 5.97 Å². The molecular weight excluding hydrogens is 378 g/mol. The molecule has 0 aromatic heterocycles. The van der Waals surface area contributed by atoms with Gasteiger partial charge in [0, 0.05) is 20.3 Å². The fourth-order valence-electron chi connectivity index (χ4n) is 4.89. The van der Waals surface area contributed by atoms with Crippen LogP contribution in [0.25, 0.3) is 10.8 Å². The monoisotopic (exact) mass is 411 g/mol. The number of carboxylic acid groups (broad SMARTS) is 1. The molecule has 5 heteroatoms. The van der Waals surface area contributed by atoms with Crippen LogP contribution < -0.4 is 4.74 Å². The van der Waals surface area contributed by atoms with E-state index in [-0.39, 0.29) is 5.92 Å². The Morgan fingerprint density at radius 2 is 1.70 bits per heavy atom. The molecule has 0 spiro atoms. The number of hydrogen-bond donors (Lipinski definition) is 1. The van der Waals surface area contributed by atoms with Crippen molar-refractivity contribution in [1.82, 2.24) is 4.90 Å². The molecule has 1 aliphatic heterocycles. The molecule has 2 aromatic rings. The summed E-state index contributed by atoms with van der Waals surface area (Å²) in [7, 11) is 1.78. The molecule has 1 heterocycles. The van der Waals surface area contributed by atoms with Crippen LogP contribution in [0, 0.1) is 11.8 Å². The van der Waals surface area contributed by atoms with Gasteiger partial charge in [-0.05, 0) is 92.1 Å². The molecule has 4 rings (SSSR count). The maximum absolute atomic E-state index is 11.1. The zero-order valence-corrected chi connectivity index (χ0v) is 17.9. The number of carboxylic acids is 1. The Kier molecular flexibility index (Phi) is 6.90. The van der Waals surface area contributed by atoms with Crippen molar-refractivity contribution in [3.8, 4) is 5.75 Å². The Morgan fingerprint density at radius 3 is 2.40 bits per heavy atom. The van der Waals surface area contributed by atoms with Crippen molar-refractivity contribution in [2.75, 3.05) is 26.8 Å². The number of piperidine rings is 1. The molecule has 5 nitrogen and oxygen atoms in total. The zero-order valence-electron chi connectivity index (χ0n) is 17.9. The summed E-state index contributed by atoms with van der Waals surface area (Å²) < 4.78 is 11.6. The minimum atomic E-state index is -0.651. The Labute approximate surface area is 179 Å². The van der Waals surface area contributed by atoms with E-state index in [1.807, 2.05) is 0 Å². The number of likely N-dealkylation sites (tertiary alicyclic amines) is 1. The third-order valence-corrected chi connectivity index (χ3v) is 6.72. The molecule has 1 saturated heterocycles. The highest BCUT2D eigenvalue weighted by Crippen LogP contribution is 2.30. The predicted octanol–water partition coefficient (Wildman–Crippen LogP) is 4.72. The van der Waals surface area contributed by atoms with Gasteiger partial charge in [0.05, 0.1) is 12.0 Å². The summed E-state index contributed by atoms with van der Waals surface area (Å²) in [4.78, 5) is 13.5.